The molecule has 0 saturated carbocycles. The van der Waals surface area contributed by atoms with Crippen molar-refractivity contribution in [3.05, 3.63) is 51.8 Å². The van der Waals surface area contributed by atoms with Gasteiger partial charge in [0.25, 0.3) is 0 Å². The summed E-state index contributed by atoms with van der Waals surface area (Å²) < 4.78 is 1.78. The third-order valence-corrected chi connectivity index (χ3v) is 5.74. The highest BCUT2D eigenvalue weighted by Gasteiger charge is 2.25. The number of nitrogens with zero attached hydrogens (tertiary/aromatic N) is 5. The van der Waals surface area contributed by atoms with Crippen LogP contribution in [0.4, 0.5) is 11.4 Å². The van der Waals surface area contributed by atoms with Crippen molar-refractivity contribution in [2.24, 2.45) is 10.1 Å². The standard InChI is InChI=1S/C21H21Cl2N5/c1-5-27(6-2)14-7-8-17(12(3)9-14)24-20-13(4)26-28-19-11-16(23)15(22)10-18(19)25-21(20)28/h7-11H,5-6H2,1-4H3. The molecule has 5 nitrogen and oxygen atoms in total. The van der Waals surface area contributed by atoms with Crippen LogP contribution in [-0.4, -0.2) is 34.2 Å². The third-order valence-electron chi connectivity index (χ3n) is 5.02. The van der Waals surface area contributed by atoms with E-state index in [1.165, 1.54) is 5.69 Å². The lowest BCUT2D eigenvalue weighted by Gasteiger charge is -2.21. The molecule has 0 unspecified atom stereocenters. The first-order chi connectivity index (χ1) is 13.4. The number of aryl methyl sites for hydroxylation is 1. The molecule has 0 radical (unpaired) electrons. The molecule has 3 aromatic rings. The van der Waals surface area contributed by atoms with Crippen molar-refractivity contribution in [3.63, 3.8) is 0 Å². The van der Waals surface area contributed by atoms with Gasteiger partial charge in [0.15, 0.2) is 5.82 Å². The number of imidazole rings is 1. The van der Waals surface area contributed by atoms with Crippen molar-refractivity contribution in [2.75, 3.05) is 18.0 Å². The highest BCUT2D eigenvalue weighted by molar-refractivity contribution is 6.49. The molecule has 0 spiro atoms. The van der Waals surface area contributed by atoms with Crippen LogP contribution in [0.3, 0.4) is 0 Å². The summed E-state index contributed by atoms with van der Waals surface area (Å²) in [5, 5.41) is 5.58. The molecule has 144 valence electrons. The minimum absolute atomic E-state index is 0.480. The molecule has 0 saturated heterocycles. The van der Waals surface area contributed by atoms with E-state index in [9.17, 15) is 0 Å². The first kappa shape index (κ1) is 19.0. The summed E-state index contributed by atoms with van der Waals surface area (Å²) in [5.74, 6) is 0.707. The van der Waals surface area contributed by atoms with E-state index >= 15 is 0 Å². The highest BCUT2D eigenvalue weighted by Crippen LogP contribution is 2.31. The second-order valence-electron chi connectivity index (χ2n) is 6.79. The number of rotatable bonds is 4. The Labute approximate surface area is 174 Å². The van der Waals surface area contributed by atoms with Crippen LogP contribution in [0, 0.1) is 6.92 Å². The van der Waals surface area contributed by atoms with Crippen molar-refractivity contribution < 1.29 is 0 Å². The van der Waals surface area contributed by atoms with E-state index in [-0.39, 0.29) is 0 Å². The van der Waals surface area contributed by atoms with Crippen LogP contribution in [0.5, 0.6) is 0 Å². The van der Waals surface area contributed by atoms with Crippen LogP contribution >= 0.6 is 23.2 Å². The van der Waals surface area contributed by atoms with Gasteiger partial charge in [0.1, 0.15) is 5.71 Å². The number of hydrogen-bond acceptors (Lipinski definition) is 4. The third kappa shape index (κ3) is 3.09. The Balaban J connectivity index is 1.79. The van der Waals surface area contributed by atoms with Crippen LogP contribution in [0.1, 0.15) is 32.2 Å². The summed E-state index contributed by atoms with van der Waals surface area (Å²) in [6.07, 6.45) is 0. The number of fused-ring (bicyclic) bond motifs is 3. The van der Waals surface area contributed by atoms with Crippen LogP contribution in [0.15, 0.2) is 40.4 Å². The molecule has 0 N–H and O–H groups in total. The van der Waals surface area contributed by atoms with E-state index in [2.05, 4.69) is 49.0 Å². The first-order valence-corrected chi connectivity index (χ1v) is 10.1. The van der Waals surface area contributed by atoms with Crippen molar-refractivity contribution in [1.82, 2.24) is 9.66 Å². The Bertz CT molecular complexity index is 1140. The minimum atomic E-state index is 0.480. The molecule has 0 bridgehead atoms. The fraction of sp³-hybridized carbons (Fsp3) is 0.286. The number of hydrogen-bond donors (Lipinski definition) is 0. The van der Waals surface area contributed by atoms with Gasteiger partial charge in [0.05, 0.1) is 32.5 Å². The van der Waals surface area contributed by atoms with Crippen LogP contribution in [0.2, 0.25) is 10.0 Å². The number of aromatic nitrogens is 2. The maximum Gasteiger partial charge on any atom is 0.182 e. The van der Waals surface area contributed by atoms with E-state index < -0.39 is 0 Å². The minimum Gasteiger partial charge on any atom is -0.372 e. The number of anilines is 1. The van der Waals surface area contributed by atoms with Crippen molar-refractivity contribution in [2.45, 2.75) is 27.7 Å². The molecule has 1 aromatic heterocycles. The van der Waals surface area contributed by atoms with Gasteiger partial charge in [-0.1, -0.05) is 23.2 Å². The fourth-order valence-electron chi connectivity index (χ4n) is 3.48. The van der Waals surface area contributed by atoms with Crippen LogP contribution < -0.4 is 4.90 Å². The quantitative estimate of drug-likeness (QED) is 0.537. The molecule has 2 heterocycles. The molecule has 2 aromatic carbocycles. The fourth-order valence-corrected chi connectivity index (χ4v) is 3.79. The molecule has 0 amide bonds. The largest absolute Gasteiger partial charge is 0.372 e. The number of aliphatic imine (C=N–C) groups is 1. The Morgan fingerprint density at radius 2 is 1.75 bits per heavy atom. The van der Waals surface area contributed by atoms with E-state index in [0.29, 0.717) is 15.9 Å². The lowest BCUT2D eigenvalue weighted by molar-refractivity contribution is 0.865. The summed E-state index contributed by atoms with van der Waals surface area (Å²) in [5.41, 5.74) is 6.40. The molecule has 0 aliphatic carbocycles. The average Bonchev–Trinajstić information content (AvgIpc) is 3.14. The molecule has 0 fully saturated rings. The Morgan fingerprint density at radius 1 is 1.04 bits per heavy atom. The zero-order chi connectivity index (χ0) is 20.0. The summed E-state index contributed by atoms with van der Waals surface area (Å²) in [6.45, 7) is 10.3. The van der Waals surface area contributed by atoms with Gasteiger partial charge in [-0.2, -0.15) is 5.10 Å². The zero-order valence-corrected chi connectivity index (χ0v) is 17.8. The van der Waals surface area contributed by atoms with Crippen LogP contribution in [-0.2, 0) is 0 Å². The predicted octanol–water partition coefficient (Wildman–Crippen LogP) is 5.86. The lowest BCUT2D eigenvalue weighted by Crippen LogP contribution is -2.21. The number of benzene rings is 2. The molecule has 0 atom stereocenters. The second kappa shape index (κ2) is 7.22. The van der Waals surface area contributed by atoms with E-state index in [1.54, 1.807) is 16.8 Å². The van der Waals surface area contributed by atoms with Crippen molar-refractivity contribution >= 4 is 57.0 Å². The van der Waals surface area contributed by atoms with E-state index in [1.807, 2.05) is 6.92 Å². The Hall–Kier alpha value is -2.37. The number of halogens is 2. The summed E-state index contributed by atoms with van der Waals surface area (Å²) >= 11 is 12.3. The average molecular weight is 414 g/mol. The van der Waals surface area contributed by atoms with Gasteiger partial charge in [-0.3, -0.25) is 0 Å². The molecular formula is C21H21Cl2N5. The maximum atomic E-state index is 6.18. The van der Waals surface area contributed by atoms with Gasteiger partial charge < -0.3 is 4.90 Å². The Kier molecular flexibility index (Phi) is 4.89. The van der Waals surface area contributed by atoms with Crippen LogP contribution in [0.25, 0.3) is 11.0 Å². The van der Waals surface area contributed by atoms with Gasteiger partial charge in [-0.25, -0.2) is 14.7 Å². The normalized spacial score (nSPS) is 14.6. The van der Waals surface area contributed by atoms with Gasteiger partial charge in [-0.15, -0.1) is 0 Å². The SMILES string of the molecule is CCN(CC)c1ccc(N=C2C(C)=Nn3c2nc2cc(Cl)c(Cl)cc23)c(C)c1. The smallest absolute Gasteiger partial charge is 0.182 e. The molecule has 1 aliphatic heterocycles. The highest BCUT2D eigenvalue weighted by atomic mass is 35.5. The molecule has 7 heteroatoms. The second-order valence-corrected chi connectivity index (χ2v) is 7.61. The summed E-state index contributed by atoms with van der Waals surface area (Å²) in [4.78, 5) is 11.9. The topological polar surface area (TPSA) is 45.8 Å². The first-order valence-electron chi connectivity index (χ1n) is 9.31. The van der Waals surface area contributed by atoms with Gasteiger partial charge in [0.2, 0.25) is 0 Å². The summed E-state index contributed by atoms with van der Waals surface area (Å²) in [7, 11) is 0. The molecule has 28 heavy (non-hydrogen) atoms. The molecular weight excluding hydrogens is 393 g/mol. The van der Waals surface area contributed by atoms with Crippen molar-refractivity contribution in [3.8, 4) is 0 Å². The molecule has 4 rings (SSSR count). The van der Waals surface area contributed by atoms with Gasteiger partial charge in [0, 0.05) is 18.8 Å². The van der Waals surface area contributed by atoms with Crippen molar-refractivity contribution in [1.29, 1.82) is 0 Å². The Morgan fingerprint density at radius 3 is 2.43 bits per heavy atom. The predicted molar refractivity (Wildman–Crippen MR) is 119 cm³/mol. The monoisotopic (exact) mass is 413 g/mol. The molecule has 1 aliphatic rings. The lowest BCUT2D eigenvalue weighted by atomic mass is 10.1. The van der Waals surface area contributed by atoms with Gasteiger partial charge >= 0.3 is 0 Å². The summed E-state index contributed by atoms with van der Waals surface area (Å²) in [6, 6.07) is 9.90. The zero-order valence-electron chi connectivity index (χ0n) is 16.3. The van der Waals surface area contributed by atoms with Gasteiger partial charge in [-0.05, 0) is 63.6 Å². The van der Waals surface area contributed by atoms with E-state index in [4.69, 9.17) is 33.2 Å². The van der Waals surface area contributed by atoms with E-state index in [0.717, 1.165) is 46.8 Å². The maximum absolute atomic E-state index is 6.18.